The first-order valence-corrected chi connectivity index (χ1v) is 8.64. The molecule has 0 saturated carbocycles. The fourth-order valence-corrected chi connectivity index (χ4v) is 4.03. The highest BCUT2D eigenvalue weighted by Gasteiger charge is 2.22. The lowest BCUT2D eigenvalue weighted by Gasteiger charge is -2.05. The number of nitro benzene ring substituents is 1. The lowest BCUT2D eigenvalue weighted by Crippen LogP contribution is -2.06. The van der Waals surface area contributed by atoms with E-state index in [2.05, 4.69) is 4.98 Å². The van der Waals surface area contributed by atoms with E-state index in [0.29, 0.717) is 10.9 Å². The number of aromatic nitrogens is 1. The third-order valence-electron chi connectivity index (χ3n) is 3.70. The second-order valence-corrected chi connectivity index (χ2v) is 7.27. The molecule has 1 aromatic heterocycles. The van der Waals surface area contributed by atoms with E-state index in [-0.39, 0.29) is 21.7 Å². The summed E-state index contributed by atoms with van der Waals surface area (Å²) in [6, 6.07) is 9.12. The molecule has 25 heavy (non-hydrogen) atoms. The number of hydrogen-bond acceptors (Lipinski definition) is 5. The Morgan fingerprint density at radius 3 is 2.64 bits per heavy atom. The number of non-ortho nitro benzene ring substituents is 1. The molecule has 0 unspecified atom stereocenters. The van der Waals surface area contributed by atoms with Crippen molar-refractivity contribution in [3.05, 3.63) is 69.7 Å². The van der Waals surface area contributed by atoms with Gasteiger partial charge in [0.05, 0.1) is 32.7 Å². The number of H-pyrrole nitrogens is 1. The highest BCUT2D eigenvalue weighted by Crippen LogP contribution is 2.29. The number of nitro groups is 1. The first-order chi connectivity index (χ1) is 11.8. The van der Waals surface area contributed by atoms with E-state index in [9.17, 15) is 22.9 Å². The number of halogens is 1. The molecule has 7 nitrogen and oxygen atoms in total. The molecule has 0 aliphatic rings. The third-order valence-corrected chi connectivity index (χ3v) is 5.40. The number of hydrogen-bond donors (Lipinski definition) is 1. The highest BCUT2D eigenvalue weighted by molar-refractivity contribution is 7.90. The molecule has 3 aromatic rings. The van der Waals surface area contributed by atoms with Gasteiger partial charge in [-0.3, -0.25) is 10.1 Å². The zero-order valence-corrected chi connectivity index (χ0v) is 13.4. The van der Waals surface area contributed by atoms with Crippen molar-refractivity contribution in [2.75, 3.05) is 0 Å². The number of nitrogens with one attached hydrogen (secondary N) is 1. The second kappa shape index (κ2) is 5.99. The van der Waals surface area contributed by atoms with Crippen molar-refractivity contribution in [3.8, 4) is 6.07 Å². The zero-order valence-electron chi connectivity index (χ0n) is 12.6. The lowest BCUT2D eigenvalue weighted by molar-refractivity contribution is -0.384. The number of nitriles is 1. The Morgan fingerprint density at radius 1 is 1.24 bits per heavy atom. The van der Waals surface area contributed by atoms with Gasteiger partial charge in [0.1, 0.15) is 5.82 Å². The SMILES string of the molecule is N#Cc1ccc(CS(=O)(=O)c2c[nH]c3cc([N+](=O)[O-])ccc23)c(F)c1. The van der Waals surface area contributed by atoms with Gasteiger partial charge in [0.15, 0.2) is 9.84 Å². The standard InChI is InChI=1S/C16H10FN3O4S/c17-14-5-10(7-18)1-2-11(14)9-25(23,24)16-8-19-15-6-12(20(21)22)3-4-13(15)16/h1-6,8,19H,9H2. The number of aromatic amines is 1. The van der Waals surface area contributed by atoms with Crippen molar-refractivity contribution in [3.63, 3.8) is 0 Å². The van der Waals surface area contributed by atoms with Crippen LogP contribution in [-0.4, -0.2) is 18.3 Å². The van der Waals surface area contributed by atoms with E-state index in [1.165, 1.54) is 36.5 Å². The first kappa shape index (κ1) is 16.6. The molecule has 0 spiro atoms. The lowest BCUT2D eigenvalue weighted by atomic mass is 10.1. The molecule has 0 saturated heterocycles. The van der Waals surface area contributed by atoms with Crippen LogP contribution in [0.2, 0.25) is 0 Å². The molecule has 0 atom stereocenters. The molecular formula is C16H10FN3O4S. The molecule has 3 rings (SSSR count). The monoisotopic (exact) mass is 359 g/mol. The molecule has 1 heterocycles. The summed E-state index contributed by atoms with van der Waals surface area (Å²) >= 11 is 0. The minimum Gasteiger partial charge on any atom is -0.360 e. The van der Waals surface area contributed by atoms with Crippen LogP contribution in [0.3, 0.4) is 0 Å². The Morgan fingerprint density at radius 2 is 2.00 bits per heavy atom. The van der Waals surface area contributed by atoms with Gasteiger partial charge in [-0.1, -0.05) is 6.07 Å². The van der Waals surface area contributed by atoms with Gasteiger partial charge in [-0.15, -0.1) is 0 Å². The average molecular weight is 359 g/mol. The molecule has 0 amide bonds. The van der Waals surface area contributed by atoms with Crippen molar-refractivity contribution in [1.82, 2.24) is 4.98 Å². The summed E-state index contributed by atoms with van der Waals surface area (Å²) in [4.78, 5) is 12.8. The van der Waals surface area contributed by atoms with Gasteiger partial charge in [0, 0.05) is 29.3 Å². The van der Waals surface area contributed by atoms with E-state index < -0.39 is 26.3 Å². The van der Waals surface area contributed by atoms with Gasteiger partial charge in [0.25, 0.3) is 5.69 Å². The Labute approximate surface area is 141 Å². The van der Waals surface area contributed by atoms with Crippen molar-refractivity contribution in [2.45, 2.75) is 10.6 Å². The van der Waals surface area contributed by atoms with E-state index in [1.54, 1.807) is 6.07 Å². The average Bonchev–Trinajstić information content (AvgIpc) is 3.00. The Bertz CT molecular complexity index is 1150. The van der Waals surface area contributed by atoms with Crippen LogP contribution in [0.5, 0.6) is 0 Å². The maximum Gasteiger partial charge on any atom is 0.271 e. The van der Waals surface area contributed by atoms with Crippen LogP contribution in [0, 0.1) is 27.3 Å². The molecular weight excluding hydrogens is 349 g/mol. The minimum atomic E-state index is -3.90. The van der Waals surface area contributed by atoms with Gasteiger partial charge in [-0.25, -0.2) is 12.8 Å². The summed E-state index contributed by atoms with van der Waals surface area (Å²) in [7, 11) is -3.90. The number of nitrogens with zero attached hydrogens (tertiary/aromatic N) is 2. The van der Waals surface area contributed by atoms with Gasteiger partial charge >= 0.3 is 0 Å². The van der Waals surface area contributed by atoms with Gasteiger partial charge in [0.2, 0.25) is 0 Å². The highest BCUT2D eigenvalue weighted by atomic mass is 32.2. The largest absolute Gasteiger partial charge is 0.360 e. The topological polar surface area (TPSA) is 117 Å². The summed E-state index contributed by atoms with van der Waals surface area (Å²) in [6.07, 6.45) is 1.23. The molecule has 0 fully saturated rings. The molecule has 1 N–H and O–H groups in total. The predicted molar refractivity (Wildman–Crippen MR) is 87.0 cm³/mol. The van der Waals surface area contributed by atoms with E-state index >= 15 is 0 Å². The van der Waals surface area contributed by atoms with Crippen LogP contribution in [0.25, 0.3) is 10.9 Å². The van der Waals surface area contributed by atoms with Crippen molar-refractivity contribution >= 4 is 26.4 Å². The van der Waals surface area contributed by atoms with E-state index in [0.717, 1.165) is 6.07 Å². The molecule has 9 heteroatoms. The fourth-order valence-electron chi connectivity index (χ4n) is 2.47. The van der Waals surface area contributed by atoms with Gasteiger partial charge in [-0.05, 0) is 18.2 Å². The maximum absolute atomic E-state index is 14.0. The Balaban J connectivity index is 2.02. The number of benzene rings is 2. The molecule has 126 valence electrons. The molecule has 0 bridgehead atoms. The molecule has 0 radical (unpaired) electrons. The number of rotatable bonds is 4. The van der Waals surface area contributed by atoms with Gasteiger partial charge < -0.3 is 4.98 Å². The van der Waals surface area contributed by atoms with Gasteiger partial charge in [-0.2, -0.15) is 5.26 Å². The molecule has 0 aliphatic heterocycles. The Hall–Kier alpha value is -3.25. The van der Waals surface area contributed by atoms with Crippen molar-refractivity contribution in [2.24, 2.45) is 0 Å². The minimum absolute atomic E-state index is 0.0599. The Kier molecular flexibility index (Phi) is 3.98. The van der Waals surface area contributed by atoms with Crippen molar-refractivity contribution < 1.29 is 17.7 Å². The van der Waals surface area contributed by atoms with Crippen LogP contribution < -0.4 is 0 Å². The van der Waals surface area contributed by atoms with Crippen LogP contribution in [0.4, 0.5) is 10.1 Å². The second-order valence-electron chi connectivity index (χ2n) is 5.32. The summed E-state index contributed by atoms with van der Waals surface area (Å²) in [5, 5.41) is 19.8. The van der Waals surface area contributed by atoms with E-state index in [4.69, 9.17) is 5.26 Å². The zero-order chi connectivity index (χ0) is 18.2. The quantitative estimate of drug-likeness (QED) is 0.567. The normalized spacial score (nSPS) is 11.4. The maximum atomic E-state index is 14.0. The molecule has 2 aromatic carbocycles. The summed E-state index contributed by atoms with van der Waals surface area (Å²) in [5.74, 6) is -1.37. The number of fused-ring (bicyclic) bond motifs is 1. The predicted octanol–water partition coefficient (Wildman–Crippen LogP) is 3.06. The smallest absolute Gasteiger partial charge is 0.271 e. The van der Waals surface area contributed by atoms with E-state index in [1.807, 2.05) is 0 Å². The first-order valence-electron chi connectivity index (χ1n) is 6.98. The van der Waals surface area contributed by atoms with Crippen LogP contribution in [0.1, 0.15) is 11.1 Å². The summed E-state index contributed by atoms with van der Waals surface area (Å²) in [6.45, 7) is 0. The van der Waals surface area contributed by atoms with Crippen LogP contribution >= 0.6 is 0 Å². The van der Waals surface area contributed by atoms with Crippen molar-refractivity contribution in [1.29, 1.82) is 5.26 Å². The fraction of sp³-hybridized carbons (Fsp3) is 0.0625. The summed E-state index contributed by atoms with van der Waals surface area (Å²) < 4.78 is 39.2. The third kappa shape index (κ3) is 3.07. The van der Waals surface area contributed by atoms with Crippen LogP contribution in [-0.2, 0) is 15.6 Å². The molecule has 0 aliphatic carbocycles. The summed E-state index contributed by atoms with van der Waals surface area (Å²) in [5.41, 5.74) is 0.165. The number of sulfone groups is 1. The van der Waals surface area contributed by atoms with Crippen LogP contribution in [0.15, 0.2) is 47.5 Å².